The maximum atomic E-state index is 13.0. The first-order valence-electron chi connectivity index (χ1n) is 6.87. The number of benzene rings is 1. The number of aliphatic hydroxyl groups excluding tert-OH is 1. The number of hydrogen-bond acceptors (Lipinski definition) is 5. The van der Waals surface area contributed by atoms with Crippen molar-refractivity contribution in [3.8, 4) is 11.8 Å². The smallest absolute Gasteiger partial charge is 0.162 e. The zero-order valence-electron chi connectivity index (χ0n) is 12.4. The molecule has 1 heterocycles. The predicted octanol–water partition coefficient (Wildman–Crippen LogP) is 2.39. The third-order valence-electron chi connectivity index (χ3n) is 3.06. The molecule has 1 unspecified atom stereocenters. The van der Waals surface area contributed by atoms with E-state index in [9.17, 15) is 13.9 Å². The summed E-state index contributed by atoms with van der Waals surface area (Å²) >= 11 is 0. The second kappa shape index (κ2) is 7.51. The van der Waals surface area contributed by atoms with E-state index < -0.39 is 17.7 Å². The highest BCUT2D eigenvalue weighted by Crippen LogP contribution is 2.15. The maximum Gasteiger partial charge on any atom is 0.162 e. The van der Waals surface area contributed by atoms with Crippen molar-refractivity contribution < 1.29 is 18.6 Å². The number of aliphatic hydroxyl groups is 1. The number of nitrogens with one attached hydrogen (secondary N) is 1. The van der Waals surface area contributed by atoms with Crippen LogP contribution in [0.1, 0.15) is 11.3 Å². The van der Waals surface area contributed by atoms with E-state index in [0.29, 0.717) is 11.5 Å². The number of halogens is 2. The molecule has 7 heteroatoms. The summed E-state index contributed by atoms with van der Waals surface area (Å²) in [5, 5.41) is 21.6. The molecule has 0 fully saturated rings. The average Bonchev–Trinajstić information content (AvgIpc) is 2.55. The van der Waals surface area contributed by atoms with E-state index in [4.69, 9.17) is 10.00 Å². The Kier molecular flexibility index (Phi) is 5.44. The number of aryl methyl sites for hydroxylation is 1. The molecule has 0 saturated carbocycles. The molecule has 1 aromatic carbocycles. The number of ether oxygens (including phenoxy) is 1. The van der Waals surface area contributed by atoms with Gasteiger partial charge in [-0.3, -0.25) is 0 Å². The Balaban J connectivity index is 1.84. The first-order chi connectivity index (χ1) is 11.0. The van der Waals surface area contributed by atoms with Crippen LogP contribution in [0, 0.1) is 29.9 Å². The largest absolute Gasteiger partial charge is 0.491 e. The molecule has 2 N–H and O–H groups in total. The van der Waals surface area contributed by atoms with Gasteiger partial charge in [-0.1, -0.05) is 6.07 Å². The first kappa shape index (κ1) is 16.6. The molecular formula is C16H15F2N3O2. The lowest BCUT2D eigenvalue weighted by Crippen LogP contribution is -2.26. The van der Waals surface area contributed by atoms with Gasteiger partial charge in [0.1, 0.15) is 36.0 Å². The summed E-state index contributed by atoms with van der Waals surface area (Å²) in [4.78, 5) is 4.09. The zero-order valence-corrected chi connectivity index (χ0v) is 12.4. The lowest BCUT2D eigenvalue weighted by atomic mass is 10.2. The highest BCUT2D eigenvalue weighted by molar-refractivity contribution is 5.42. The van der Waals surface area contributed by atoms with Crippen molar-refractivity contribution in [3.63, 3.8) is 0 Å². The Morgan fingerprint density at radius 3 is 2.78 bits per heavy atom. The van der Waals surface area contributed by atoms with Crippen molar-refractivity contribution in [3.05, 3.63) is 53.2 Å². The minimum atomic E-state index is -1.01. The van der Waals surface area contributed by atoms with Gasteiger partial charge in [-0.25, -0.2) is 13.8 Å². The van der Waals surface area contributed by atoms with Crippen LogP contribution in [0.15, 0.2) is 30.3 Å². The molecule has 0 radical (unpaired) electrons. The quantitative estimate of drug-likeness (QED) is 0.855. The van der Waals surface area contributed by atoms with Crippen molar-refractivity contribution in [2.24, 2.45) is 0 Å². The van der Waals surface area contributed by atoms with E-state index in [2.05, 4.69) is 10.3 Å². The predicted molar refractivity (Wildman–Crippen MR) is 80.0 cm³/mol. The molecular weight excluding hydrogens is 304 g/mol. The first-order valence-corrected chi connectivity index (χ1v) is 6.87. The second-order valence-electron chi connectivity index (χ2n) is 4.90. The van der Waals surface area contributed by atoms with Gasteiger partial charge >= 0.3 is 0 Å². The van der Waals surface area contributed by atoms with Gasteiger partial charge in [0.25, 0.3) is 0 Å². The highest BCUT2D eigenvalue weighted by atomic mass is 19.2. The van der Waals surface area contributed by atoms with Gasteiger partial charge in [0, 0.05) is 12.6 Å². The molecule has 5 nitrogen and oxygen atoms in total. The third-order valence-corrected chi connectivity index (χ3v) is 3.06. The van der Waals surface area contributed by atoms with Crippen molar-refractivity contribution in [1.29, 1.82) is 5.26 Å². The number of pyridine rings is 1. The minimum absolute atomic E-state index is 0.102. The van der Waals surface area contributed by atoms with Crippen molar-refractivity contribution in [1.82, 2.24) is 4.98 Å². The lowest BCUT2D eigenvalue weighted by Gasteiger charge is -2.14. The van der Waals surface area contributed by atoms with Crippen LogP contribution in [0.4, 0.5) is 14.6 Å². The van der Waals surface area contributed by atoms with E-state index in [1.54, 1.807) is 19.1 Å². The molecule has 2 rings (SSSR count). The topological polar surface area (TPSA) is 78.2 Å². The van der Waals surface area contributed by atoms with Crippen LogP contribution in [-0.2, 0) is 0 Å². The van der Waals surface area contributed by atoms with Crippen LogP contribution in [0.5, 0.6) is 5.75 Å². The molecule has 2 aromatic rings. The van der Waals surface area contributed by atoms with Gasteiger partial charge in [0.15, 0.2) is 11.6 Å². The molecule has 0 aliphatic rings. The fraction of sp³-hybridized carbons (Fsp3) is 0.250. The fourth-order valence-electron chi connectivity index (χ4n) is 1.78. The number of aromatic nitrogens is 1. The van der Waals surface area contributed by atoms with Crippen LogP contribution >= 0.6 is 0 Å². The Morgan fingerprint density at radius 1 is 1.30 bits per heavy atom. The van der Waals surface area contributed by atoms with Crippen molar-refractivity contribution >= 4 is 5.82 Å². The molecule has 0 spiro atoms. The molecule has 0 aliphatic heterocycles. The molecule has 0 amide bonds. The number of hydrogen-bond donors (Lipinski definition) is 2. The van der Waals surface area contributed by atoms with E-state index in [0.717, 1.165) is 17.7 Å². The number of nitriles is 1. The highest BCUT2D eigenvalue weighted by Gasteiger charge is 2.09. The molecule has 120 valence electrons. The Bertz CT molecular complexity index is 732. The SMILES string of the molecule is Cc1ccc(NCC(O)COc2ccc(F)c(F)c2)nc1C#N. The summed E-state index contributed by atoms with van der Waals surface area (Å²) in [6, 6.07) is 8.56. The van der Waals surface area contributed by atoms with Crippen molar-refractivity contribution in [2.75, 3.05) is 18.5 Å². The van der Waals surface area contributed by atoms with Gasteiger partial charge in [-0.2, -0.15) is 5.26 Å². The molecule has 0 aliphatic carbocycles. The Morgan fingerprint density at radius 2 is 2.09 bits per heavy atom. The van der Waals surface area contributed by atoms with Crippen LogP contribution in [0.25, 0.3) is 0 Å². The Labute approximate surface area is 132 Å². The minimum Gasteiger partial charge on any atom is -0.491 e. The summed E-state index contributed by atoms with van der Waals surface area (Å²) < 4.78 is 31.0. The second-order valence-corrected chi connectivity index (χ2v) is 4.90. The Hall–Kier alpha value is -2.72. The van der Waals surface area contributed by atoms with Crippen LogP contribution < -0.4 is 10.1 Å². The summed E-state index contributed by atoms with van der Waals surface area (Å²) in [6.07, 6.45) is -0.892. The van der Waals surface area contributed by atoms with Gasteiger partial charge in [-0.15, -0.1) is 0 Å². The van der Waals surface area contributed by atoms with Crippen LogP contribution in [0.3, 0.4) is 0 Å². The molecule has 1 aromatic heterocycles. The average molecular weight is 319 g/mol. The van der Waals surface area contributed by atoms with Gasteiger partial charge in [0.2, 0.25) is 0 Å². The van der Waals surface area contributed by atoms with Crippen molar-refractivity contribution in [2.45, 2.75) is 13.0 Å². The number of anilines is 1. The molecule has 23 heavy (non-hydrogen) atoms. The van der Waals surface area contributed by atoms with Gasteiger partial charge in [0.05, 0.1) is 0 Å². The maximum absolute atomic E-state index is 13.0. The zero-order chi connectivity index (χ0) is 16.8. The third kappa shape index (κ3) is 4.63. The van der Waals surface area contributed by atoms with E-state index in [1.165, 1.54) is 6.07 Å². The van der Waals surface area contributed by atoms with E-state index in [-0.39, 0.29) is 18.9 Å². The monoisotopic (exact) mass is 319 g/mol. The standard InChI is InChI=1S/C16H15F2N3O2/c1-10-2-5-16(21-15(10)7-19)20-8-11(22)9-23-12-3-4-13(17)14(18)6-12/h2-6,11,22H,8-9H2,1H3,(H,20,21). The normalized spacial score (nSPS) is 11.6. The molecule has 1 atom stereocenters. The summed E-state index contributed by atoms with van der Waals surface area (Å²) in [7, 11) is 0. The molecule has 0 bridgehead atoms. The number of nitrogens with zero attached hydrogens (tertiary/aromatic N) is 2. The number of rotatable bonds is 6. The van der Waals surface area contributed by atoms with Gasteiger partial charge < -0.3 is 15.2 Å². The van der Waals surface area contributed by atoms with Gasteiger partial charge in [-0.05, 0) is 30.7 Å². The summed E-state index contributed by atoms with van der Waals surface area (Å²) in [5.41, 5.74) is 1.07. The van der Waals surface area contributed by atoms with Crippen LogP contribution in [-0.4, -0.2) is 29.3 Å². The van der Waals surface area contributed by atoms with E-state index >= 15 is 0 Å². The summed E-state index contributed by atoms with van der Waals surface area (Å²) in [5.74, 6) is -1.39. The van der Waals surface area contributed by atoms with E-state index in [1.807, 2.05) is 6.07 Å². The lowest BCUT2D eigenvalue weighted by molar-refractivity contribution is 0.117. The fourth-order valence-corrected chi connectivity index (χ4v) is 1.78. The van der Waals surface area contributed by atoms with Crippen LogP contribution in [0.2, 0.25) is 0 Å². The summed E-state index contributed by atoms with van der Waals surface area (Å²) in [6.45, 7) is 1.81. The molecule has 0 saturated heterocycles.